The molecule has 0 atom stereocenters. The Morgan fingerprint density at radius 2 is 0.955 bits per heavy atom. The summed E-state index contributed by atoms with van der Waals surface area (Å²) < 4.78 is 0. The first kappa shape index (κ1) is 34.6. The first-order valence-electron chi connectivity index (χ1n) is 15.7. The van der Waals surface area contributed by atoms with Crippen LogP contribution in [0, 0.1) is 13.8 Å². The van der Waals surface area contributed by atoms with Crippen molar-refractivity contribution in [3.05, 3.63) is 131 Å². The van der Waals surface area contributed by atoms with E-state index in [0.717, 1.165) is 0 Å². The Bertz CT molecular complexity index is 1680. The molecule has 0 nitrogen and oxygen atoms in total. The van der Waals surface area contributed by atoms with Crippen molar-refractivity contribution in [3.8, 4) is 22.3 Å². The van der Waals surface area contributed by atoms with Gasteiger partial charge in [-0.1, -0.05) is 112 Å². The molecule has 0 spiro atoms. The van der Waals surface area contributed by atoms with Crippen LogP contribution in [-0.2, 0) is 30.8 Å². The molecule has 44 heavy (non-hydrogen) atoms. The van der Waals surface area contributed by atoms with Crippen LogP contribution in [0.25, 0.3) is 43.8 Å². The molecule has 4 heteroatoms. The summed E-state index contributed by atoms with van der Waals surface area (Å²) in [7, 11) is 11.2. The molecule has 228 valence electrons. The van der Waals surface area contributed by atoms with Crippen molar-refractivity contribution in [2.45, 2.75) is 66.5 Å². The normalized spacial score (nSPS) is 10.6. The summed E-state index contributed by atoms with van der Waals surface area (Å²) in [5, 5.41) is 5.41. The van der Waals surface area contributed by atoms with Gasteiger partial charge in [0, 0.05) is 0 Å². The van der Waals surface area contributed by atoms with Gasteiger partial charge in [0.2, 0.25) is 0 Å². The van der Waals surface area contributed by atoms with Crippen LogP contribution in [0.3, 0.4) is 0 Å². The van der Waals surface area contributed by atoms with Gasteiger partial charge in [-0.15, -0.1) is 69.1 Å². The topological polar surface area (TPSA) is 0 Å². The summed E-state index contributed by atoms with van der Waals surface area (Å²) >= 11 is -1.65. The second kappa shape index (κ2) is 16.9. The SMILES string of the molecule is CCCc1ccc(-c2cccc3[cH-]c(C)cc23)cc1.CCCc1ccc(-c2cccc3[cH-]c(C)cc23)cc1.C[Si](C)=[Zr]([Cl])[Cl]. The zero-order chi connectivity index (χ0) is 31.6. The van der Waals surface area contributed by atoms with Gasteiger partial charge < -0.3 is 0 Å². The standard InChI is InChI=1S/2C19H19.C2H6Si.2ClH.Zr/c2*1-3-5-15-8-10-16(11-9-15)18-7-4-6-17-12-14(2)13-19(17)18;1-3-2;;;/h2*4,6-13H,3,5H2,1-2H3;1-2H3;2*1H;/q2*-1;;;;+2/p-2. The van der Waals surface area contributed by atoms with Crippen LogP contribution in [0.1, 0.15) is 48.9 Å². The average Bonchev–Trinajstić information content (AvgIpc) is 3.59. The van der Waals surface area contributed by atoms with E-state index in [4.69, 9.17) is 17.0 Å². The Morgan fingerprint density at radius 3 is 1.27 bits per heavy atom. The molecule has 0 bridgehead atoms. The molecule has 0 aromatic heterocycles. The summed E-state index contributed by atoms with van der Waals surface area (Å²) in [6, 6.07) is 40.2. The first-order chi connectivity index (χ1) is 21.2. The molecule has 6 aromatic rings. The van der Waals surface area contributed by atoms with E-state index in [-0.39, 0.29) is 5.43 Å². The van der Waals surface area contributed by atoms with E-state index in [2.05, 4.69) is 150 Å². The van der Waals surface area contributed by atoms with Crippen molar-refractivity contribution >= 4 is 44.0 Å². The fourth-order valence-electron chi connectivity index (χ4n) is 5.55. The van der Waals surface area contributed by atoms with Gasteiger partial charge in [0.1, 0.15) is 0 Å². The van der Waals surface area contributed by atoms with Crippen LogP contribution >= 0.6 is 17.0 Å². The van der Waals surface area contributed by atoms with Gasteiger partial charge in [-0.25, -0.2) is 0 Å². The maximum absolute atomic E-state index is 5.62. The quantitative estimate of drug-likeness (QED) is 0.119. The van der Waals surface area contributed by atoms with E-state index in [0.29, 0.717) is 0 Å². The molecular formula is C40H44Cl2SiZr-2. The monoisotopic (exact) mass is 712 g/mol. The third-order valence-electron chi connectivity index (χ3n) is 7.78. The molecule has 0 fully saturated rings. The molecule has 0 N–H and O–H groups in total. The van der Waals surface area contributed by atoms with E-state index < -0.39 is 18.0 Å². The third kappa shape index (κ3) is 9.40. The van der Waals surface area contributed by atoms with E-state index in [1.807, 2.05) is 0 Å². The number of hydrogen-bond donors (Lipinski definition) is 0. The summed E-state index contributed by atoms with van der Waals surface area (Å²) in [6.07, 6.45) is 4.74. The van der Waals surface area contributed by atoms with Crippen LogP contribution in [-0.4, -0.2) is 5.43 Å². The van der Waals surface area contributed by atoms with Crippen LogP contribution in [0.5, 0.6) is 0 Å². The van der Waals surface area contributed by atoms with Gasteiger partial charge in [0.15, 0.2) is 0 Å². The van der Waals surface area contributed by atoms with Gasteiger partial charge >= 0.3 is 53.5 Å². The zero-order valence-electron chi connectivity index (χ0n) is 27.0. The Balaban J connectivity index is 0.000000170. The van der Waals surface area contributed by atoms with Crippen LogP contribution in [0.2, 0.25) is 13.1 Å². The number of aryl methyl sites for hydroxylation is 4. The number of hydrogen-bond acceptors (Lipinski definition) is 0. The van der Waals surface area contributed by atoms with Crippen molar-refractivity contribution < 1.29 is 18.0 Å². The van der Waals surface area contributed by atoms with Gasteiger partial charge in [-0.2, -0.15) is 12.1 Å². The molecule has 6 rings (SSSR count). The van der Waals surface area contributed by atoms with Crippen molar-refractivity contribution in [2.75, 3.05) is 0 Å². The predicted octanol–water partition coefficient (Wildman–Crippen LogP) is 13.1. The number of fused-ring (bicyclic) bond motifs is 2. The Kier molecular flexibility index (Phi) is 13.3. The van der Waals surface area contributed by atoms with Gasteiger partial charge in [0.25, 0.3) is 0 Å². The van der Waals surface area contributed by atoms with Crippen molar-refractivity contribution in [1.82, 2.24) is 0 Å². The van der Waals surface area contributed by atoms with E-state index in [1.165, 1.54) is 91.7 Å². The number of benzene rings is 4. The fraction of sp³-hybridized carbons (Fsp3) is 0.250. The average molecular weight is 715 g/mol. The molecule has 6 aromatic carbocycles. The minimum absolute atomic E-state index is 0.224. The molecular weight excluding hydrogens is 671 g/mol. The van der Waals surface area contributed by atoms with E-state index in [1.54, 1.807) is 0 Å². The molecule has 0 radical (unpaired) electrons. The second-order valence-electron chi connectivity index (χ2n) is 11.8. The van der Waals surface area contributed by atoms with Crippen LogP contribution in [0.4, 0.5) is 0 Å². The van der Waals surface area contributed by atoms with Crippen molar-refractivity contribution in [2.24, 2.45) is 0 Å². The summed E-state index contributed by atoms with van der Waals surface area (Å²) in [6.45, 7) is 13.1. The Hall–Kier alpha value is -2.22. The summed E-state index contributed by atoms with van der Waals surface area (Å²) in [4.78, 5) is 0. The van der Waals surface area contributed by atoms with Gasteiger partial charge in [0.05, 0.1) is 0 Å². The Labute approximate surface area is 280 Å². The fourth-order valence-corrected chi connectivity index (χ4v) is 5.55. The minimum atomic E-state index is -1.65. The summed E-state index contributed by atoms with van der Waals surface area (Å²) in [5.41, 5.74) is 10.6. The zero-order valence-corrected chi connectivity index (χ0v) is 31.9. The maximum atomic E-state index is 5.62. The molecule has 0 saturated carbocycles. The van der Waals surface area contributed by atoms with Gasteiger partial charge in [-0.05, 0) is 35.1 Å². The summed E-state index contributed by atoms with van der Waals surface area (Å²) in [5.74, 6) is 0. The molecule has 0 saturated heterocycles. The molecule has 0 aliphatic carbocycles. The molecule has 0 amide bonds. The number of halogens is 2. The molecule has 0 heterocycles. The van der Waals surface area contributed by atoms with Crippen LogP contribution in [0.15, 0.2) is 109 Å². The first-order valence-corrected chi connectivity index (χ1v) is 28.2. The number of rotatable bonds is 6. The van der Waals surface area contributed by atoms with E-state index in [9.17, 15) is 0 Å². The van der Waals surface area contributed by atoms with Crippen LogP contribution < -0.4 is 0 Å². The molecule has 0 aliphatic rings. The van der Waals surface area contributed by atoms with Crippen molar-refractivity contribution in [1.29, 1.82) is 0 Å². The third-order valence-corrected chi connectivity index (χ3v) is 27.5. The van der Waals surface area contributed by atoms with E-state index >= 15 is 0 Å². The Morgan fingerprint density at radius 1 is 0.591 bits per heavy atom. The molecule has 0 aliphatic heterocycles. The van der Waals surface area contributed by atoms with Gasteiger partial charge in [-0.3, -0.25) is 0 Å². The second-order valence-corrected chi connectivity index (χ2v) is 34.8. The molecule has 0 unspecified atom stereocenters. The van der Waals surface area contributed by atoms with Crippen molar-refractivity contribution in [3.63, 3.8) is 0 Å². The predicted molar refractivity (Wildman–Crippen MR) is 197 cm³/mol.